The Bertz CT molecular complexity index is 1110. The van der Waals surface area contributed by atoms with Crippen molar-refractivity contribution in [1.82, 2.24) is 15.2 Å². The highest BCUT2D eigenvalue weighted by atomic mass is 16.5. The summed E-state index contributed by atoms with van der Waals surface area (Å²) < 4.78 is 16.4. The van der Waals surface area contributed by atoms with Crippen LogP contribution in [0.4, 0.5) is 0 Å². The maximum atomic E-state index is 5.48. The summed E-state index contributed by atoms with van der Waals surface area (Å²) in [5, 5.41) is 8.37. The standard InChI is InChI=1S/C22H21N3O3/c1-13-5-7-14(8-6-13)16-9-17-20(24-25-22(17)23-12-16)15-10-18(26-2)21(28-4)19(11-15)27-3/h5-12H,1-4H3,(H,23,24,25). The molecule has 1 N–H and O–H groups in total. The second-order valence-electron chi connectivity index (χ2n) is 6.47. The first-order valence-electron chi connectivity index (χ1n) is 8.86. The van der Waals surface area contributed by atoms with Crippen molar-refractivity contribution in [1.29, 1.82) is 0 Å². The normalized spacial score (nSPS) is 10.9. The van der Waals surface area contributed by atoms with E-state index in [1.807, 2.05) is 18.3 Å². The summed E-state index contributed by atoms with van der Waals surface area (Å²) in [7, 11) is 4.79. The average molecular weight is 375 g/mol. The molecule has 4 rings (SSSR count). The number of nitrogens with one attached hydrogen (secondary N) is 1. The lowest BCUT2D eigenvalue weighted by molar-refractivity contribution is 0.324. The number of ether oxygens (including phenoxy) is 3. The van der Waals surface area contributed by atoms with Gasteiger partial charge >= 0.3 is 0 Å². The van der Waals surface area contributed by atoms with Crippen LogP contribution in [0.25, 0.3) is 33.4 Å². The van der Waals surface area contributed by atoms with Gasteiger partial charge in [-0.15, -0.1) is 0 Å². The molecule has 0 atom stereocenters. The number of hydrogen-bond donors (Lipinski definition) is 1. The summed E-state index contributed by atoms with van der Waals surface area (Å²) in [6.07, 6.45) is 1.84. The van der Waals surface area contributed by atoms with Gasteiger partial charge in [0.05, 0.1) is 27.0 Å². The third-order valence-electron chi connectivity index (χ3n) is 4.75. The number of nitrogens with zero attached hydrogens (tertiary/aromatic N) is 2. The number of aromatic amines is 1. The van der Waals surface area contributed by atoms with E-state index in [9.17, 15) is 0 Å². The number of benzene rings is 2. The molecule has 0 amide bonds. The number of fused-ring (bicyclic) bond motifs is 1. The minimum absolute atomic E-state index is 0.552. The quantitative estimate of drug-likeness (QED) is 0.551. The fraction of sp³-hybridized carbons (Fsp3) is 0.182. The zero-order valence-corrected chi connectivity index (χ0v) is 16.2. The molecule has 0 radical (unpaired) electrons. The first-order chi connectivity index (χ1) is 13.6. The average Bonchev–Trinajstić information content (AvgIpc) is 3.16. The van der Waals surface area contributed by atoms with Crippen LogP contribution in [0.2, 0.25) is 0 Å². The number of methoxy groups -OCH3 is 3. The number of aryl methyl sites for hydroxylation is 1. The van der Waals surface area contributed by atoms with Crippen LogP contribution < -0.4 is 14.2 Å². The van der Waals surface area contributed by atoms with Crippen molar-refractivity contribution in [2.24, 2.45) is 0 Å². The molecule has 2 heterocycles. The number of rotatable bonds is 5. The lowest BCUT2D eigenvalue weighted by Crippen LogP contribution is -1.96. The van der Waals surface area contributed by atoms with Crippen LogP contribution in [0.15, 0.2) is 48.7 Å². The van der Waals surface area contributed by atoms with Gasteiger partial charge in [-0.2, -0.15) is 5.10 Å². The van der Waals surface area contributed by atoms with E-state index in [2.05, 4.69) is 52.4 Å². The highest BCUT2D eigenvalue weighted by Crippen LogP contribution is 2.42. The summed E-state index contributed by atoms with van der Waals surface area (Å²) in [5.74, 6) is 1.72. The highest BCUT2D eigenvalue weighted by molar-refractivity contribution is 5.94. The third kappa shape index (κ3) is 3.03. The molecule has 2 aromatic carbocycles. The van der Waals surface area contributed by atoms with Gasteiger partial charge in [0.2, 0.25) is 5.75 Å². The van der Waals surface area contributed by atoms with Crippen molar-refractivity contribution in [3.8, 4) is 39.6 Å². The van der Waals surface area contributed by atoms with Crippen LogP contribution in [-0.2, 0) is 0 Å². The summed E-state index contributed by atoms with van der Waals surface area (Å²) >= 11 is 0. The van der Waals surface area contributed by atoms with Crippen LogP contribution in [0.5, 0.6) is 17.2 Å². The highest BCUT2D eigenvalue weighted by Gasteiger charge is 2.17. The van der Waals surface area contributed by atoms with E-state index in [0.29, 0.717) is 22.9 Å². The maximum Gasteiger partial charge on any atom is 0.203 e. The van der Waals surface area contributed by atoms with E-state index in [0.717, 1.165) is 27.8 Å². The molecule has 28 heavy (non-hydrogen) atoms. The molecule has 6 nitrogen and oxygen atoms in total. The second-order valence-corrected chi connectivity index (χ2v) is 6.47. The molecule has 0 unspecified atom stereocenters. The molecule has 4 aromatic rings. The van der Waals surface area contributed by atoms with Gasteiger partial charge in [-0.3, -0.25) is 5.10 Å². The van der Waals surface area contributed by atoms with Gasteiger partial charge in [-0.25, -0.2) is 4.98 Å². The summed E-state index contributed by atoms with van der Waals surface area (Å²) in [6, 6.07) is 14.3. The lowest BCUT2D eigenvalue weighted by Gasteiger charge is -2.13. The Balaban J connectivity index is 1.87. The second kappa shape index (κ2) is 7.23. The molecule has 0 bridgehead atoms. The van der Waals surface area contributed by atoms with Gasteiger partial charge in [-0.1, -0.05) is 29.8 Å². The SMILES string of the molecule is COc1cc(-c2[nH]nc3ncc(-c4ccc(C)cc4)cc23)cc(OC)c1OC. The molecule has 2 aromatic heterocycles. The van der Waals surface area contributed by atoms with E-state index in [-0.39, 0.29) is 0 Å². The molecule has 0 saturated carbocycles. The minimum Gasteiger partial charge on any atom is -0.493 e. The molecule has 0 spiro atoms. The largest absolute Gasteiger partial charge is 0.493 e. The monoisotopic (exact) mass is 375 g/mol. The topological polar surface area (TPSA) is 69.3 Å². The maximum absolute atomic E-state index is 5.48. The molecule has 0 aliphatic heterocycles. The van der Waals surface area contributed by atoms with Crippen LogP contribution >= 0.6 is 0 Å². The van der Waals surface area contributed by atoms with Crippen molar-refractivity contribution in [2.45, 2.75) is 6.92 Å². The van der Waals surface area contributed by atoms with Crippen LogP contribution in [0.3, 0.4) is 0 Å². The van der Waals surface area contributed by atoms with Gasteiger partial charge in [-0.05, 0) is 30.7 Å². The van der Waals surface area contributed by atoms with Crippen LogP contribution in [0, 0.1) is 6.92 Å². The number of H-pyrrole nitrogens is 1. The Morgan fingerprint density at radius 2 is 1.46 bits per heavy atom. The summed E-state index contributed by atoms with van der Waals surface area (Å²) in [5.41, 5.74) is 5.73. The summed E-state index contributed by atoms with van der Waals surface area (Å²) in [4.78, 5) is 4.52. The smallest absolute Gasteiger partial charge is 0.203 e. The predicted octanol–water partition coefficient (Wildman–Crippen LogP) is 4.63. The molecule has 0 aliphatic rings. The Kier molecular flexibility index (Phi) is 4.61. The fourth-order valence-corrected chi connectivity index (χ4v) is 3.25. The minimum atomic E-state index is 0.552. The molecular weight excluding hydrogens is 354 g/mol. The number of aromatic nitrogens is 3. The first-order valence-corrected chi connectivity index (χ1v) is 8.86. The Labute approximate surface area is 163 Å². The number of hydrogen-bond acceptors (Lipinski definition) is 5. The predicted molar refractivity (Wildman–Crippen MR) is 109 cm³/mol. The van der Waals surface area contributed by atoms with E-state index >= 15 is 0 Å². The van der Waals surface area contributed by atoms with Crippen molar-refractivity contribution in [3.63, 3.8) is 0 Å². The third-order valence-corrected chi connectivity index (χ3v) is 4.75. The van der Waals surface area contributed by atoms with Gasteiger partial charge < -0.3 is 14.2 Å². The number of pyridine rings is 1. The zero-order chi connectivity index (χ0) is 19.7. The fourth-order valence-electron chi connectivity index (χ4n) is 3.25. The van der Waals surface area contributed by atoms with Gasteiger partial charge in [0, 0.05) is 22.7 Å². The van der Waals surface area contributed by atoms with Crippen LogP contribution in [0.1, 0.15) is 5.56 Å². The summed E-state index contributed by atoms with van der Waals surface area (Å²) in [6.45, 7) is 2.07. The molecule has 0 saturated heterocycles. The molecular formula is C22H21N3O3. The van der Waals surface area contributed by atoms with Crippen molar-refractivity contribution < 1.29 is 14.2 Å². The van der Waals surface area contributed by atoms with Gasteiger partial charge in [0.1, 0.15) is 0 Å². The van der Waals surface area contributed by atoms with Crippen molar-refractivity contribution >= 4 is 11.0 Å². The van der Waals surface area contributed by atoms with Crippen molar-refractivity contribution in [2.75, 3.05) is 21.3 Å². The molecule has 0 fully saturated rings. The first kappa shape index (κ1) is 17.9. The van der Waals surface area contributed by atoms with E-state index in [4.69, 9.17) is 14.2 Å². The van der Waals surface area contributed by atoms with E-state index in [1.165, 1.54) is 5.56 Å². The van der Waals surface area contributed by atoms with Gasteiger partial charge in [0.25, 0.3) is 0 Å². The lowest BCUT2D eigenvalue weighted by atomic mass is 10.0. The molecule has 6 heteroatoms. The Morgan fingerprint density at radius 3 is 2.07 bits per heavy atom. The van der Waals surface area contributed by atoms with Gasteiger partial charge in [0.15, 0.2) is 17.1 Å². The van der Waals surface area contributed by atoms with Crippen molar-refractivity contribution in [3.05, 3.63) is 54.2 Å². The molecule has 0 aliphatic carbocycles. The van der Waals surface area contributed by atoms with Crippen LogP contribution in [-0.4, -0.2) is 36.5 Å². The van der Waals surface area contributed by atoms with E-state index in [1.54, 1.807) is 21.3 Å². The van der Waals surface area contributed by atoms with E-state index < -0.39 is 0 Å². The Morgan fingerprint density at radius 1 is 0.786 bits per heavy atom. The molecule has 142 valence electrons. The Hall–Kier alpha value is -3.54. The zero-order valence-electron chi connectivity index (χ0n) is 16.2.